The molecule has 0 aliphatic heterocycles. The van der Waals surface area contributed by atoms with E-state index in [0.717, 1.165) is 55.5 Å². The summed E-state index contributed by atoms with van der Waals surface area (Å²) in [5, 5.41) is 9.51. The minimum Gasteiger partial charge on any atom is -0.455 e. The summed E-state index contributed by atoms with van der Waals surface area (Å²) in [6.07, 6.45) is 0. The number of hydrogen-bond acceptors (Lipinski definition) is 2. The van der Waals surface area contributed by atoms with Crippen molar-refractivity contribution in [2.45, 2.75) is 19.3 Å². The Balaban J connectivity index is 0.994. The van der Waals surface area contributed by atoms with Gasteiger partial charge in [-0.3, -0.25) is 0 Å². The first-order valence-corrected chi connectivity index (χ1v) is 22.6. The third kappa shape index (κ3) is 5.81. The molecule has 0 N–H and O–H groups in total. The first-order valence-electron chi connectivity index (χ1n) is 22.6. The molecule has 0 amide bonds. The van der Waals surface area contributed by atoms with Crippen LogP contribution in [0.3, 0.4) is 0 Å². The summed E-state index contributed by atoms with van der Waals surface area (Å²) in [6.45, 7) is 4.71. The maximum atomic E-state index is 7.10. The Morgan fingerprint density at radius 3 is 1.63 bits per heavy atom. The normalized spacial score (nSPS) is 12.9. The van der Waals surface area contributed by atoms with Crippen LogP contribution in [0.1, 0.15) is 25.0 Å². The van der Waals surface area contributed by atoms with Gasteiger partial charge in [0.15, 0.2) is 0 Å². The molecule has 1 aliphatic rings. The Morgan fingerprint density at radius 2 is 0.877 bits per heavy atom. The van der Waals surface area contributed by atoms with Crippen molar-refractivity contribution in [2.75, 3.05) is 4.90 Å². The third-order valence-electron chi connectivity index (χ3n) is 14.0. The largest absolute Gasteiger partial charge is 0.455 e. The number of anilines is 3. The third-order valence-corrected chi connectivity index (χ3v) is 14.0. The van der Waals surface area contributed by atoms with Gasteiger partial charge in [0.1, 0.15) is 11.2 Å². The Hall–Kier alpha value is -8.20. The monoisotopic (exact) mass is 829 g/mol. The molecule has 0 spiro atoms. The molecule has 1 aliphatic carbocycles. The second-order valence-electron chi connectivity index (χ2n) is 18.0. The van der Waals surface area contributed by atoms with Gasteiger partial charge in [0, 0.05) is 38.6 Å². The van der Waals surface area contributed by atoms with Gasteiger partial charge < -0.3 is 9.32 Å². The molecule has 0 saturated carbocycles. The van der Waals surface area contributed by atoms with E-state index in [1.54, 1.807) is 0 Å². The number of nitrogens with zero attached hydrogens (tertiary/aromatic N) is 1. The fourth-order valence-electron chi connectivity index (χ4n) is 10.9. The summed E-state index contributed by atoms with van der Waals surface area (Å²) < 4.78 is 7.10. The van der Waals surface area contributed by atoms with Gasteiger partial charge in [-0.1, -0.05) is 190 Å². The van der Waals surface area contributed by atoms with Gasteiger partial charge in [0.25, 0.3) is 0 Å². The van der Waals surface area contributed by atoms with Crippen molar-refractivity contribution in [3.63, 3.8) is 0 Å². The Kier molecular flexibility index (Phi) is 8.29. The van der Waals surface area contributed by atoms with Crippen molar-refractivity contribution in [3.8, 4) is 44.5 Å². The molecule has 11 aromatic carbocycles. The molecule has 0 bridgehead atoms. The molecule has 13 rings (SSSR count). The molecule has 0 saturated heterocycles. The van der Waals surface area contributed by atoms with Crippen LogP contribution in [0.5, 0.6) is 0 Å². The highest BCUT2D eigenvalue weighted by Gasteiger charge is 2.35. The maximum Gasteiger partial charge on any atom is 0.143 e. The van der Waals surface area contributed by atoms with Crippen LogP contribution >= 0.6 is 0 Å². The molecule has 0 radical (unpaired) electrons. The predicted molar refractivity (Wildman–Crippen MR) is 275 cm³/mol. The Bertz CT molecular complexity index is 3830. The van der Waals surface area contributed by atoms with Crippen LogP contribution in [0.15, 0.2) is 229 Å². The van der Waals surface area contributed by atoms with E-state index in [2.05, 4.69) is 243 Å². The lowest BCUT2D eigenvalue weighted by Gasteiger charge is -2.28. The molecule has 2 heteroatoms. The lowest BCUT2D eigenvalue weighted by molar-refractivity contribution is 0.660. The quantitative estimate of drug-likeness (QED) is 0.155. The average Bonchev–Trinajstić information content (AvgIpc) is 3.87. The van der Waals surface area contributed by atoms with Gasteiger partial charge in [-0.2, -0.15) is 0 Å². The molecule has 306 valence electrons. The SMILES string of the molecule is CC1(C)c2ccccc2-c2ccc(N(c3ccc(-c4ccccc4)cc3)c3ccc(-c4cc(-c5cccc6ccccc56)c5c(c4)oc4c6ccccc6c6ccccc6c45)cc3)cc21. The number of rotatable bonds is 6. The van der Waals surface area contributed by atoms with Crippen molar-refractivity contribution in [1.29, 1.82) is 0 Å². The van der Waals surface area contributed by atoms with E-state index in [0.29, 0.717) is 0 Å². The number of furan rings is 1. The minimum absolute atomic E-state index is 0.121. The first-order chi connectivity index (χ1) is 32.0. The fourth-order valence-corrected chi connectivity index (χ4v) is 10.9. The Labute approximate surface area is 378 Å². The fraction of sp³-hybridized carbons (Fsp3) is 0.0476. The lowest BCUT2D eigenvalue weighted by Crippen LogP contribution is -2.16. The van der Waals surface area contributed by atoms with E-state index in [-0.39, 0.29) is 5.41 Å². The Morgan fingerprint density at radius 1 is 0.338 bits per heavy atom. The van der Waals surface area contributed by atoms with Crippen molar-refractivity contribution in [2.24, 2.45) is 0 Å². The second kappa shape index (κ2) is 14.4. The van der Waals surface area contributed by atoms with E-state index in [4.69, 9.17) is 4.42 Å². The summed E-state index contributed by atoms with van der Waals surface area (Å²) >= 11 is 0. The van der Waals surface area contributed by atoms with Crippen LogP contribution < -0.4 is 4.90 Å². The summed E-state index contributed by atoms with van der Waals surface area (Å²) in [6, 6.07) is 82.0. The topological polar surface area (TPSA) is 16.4 Å². The van der Waals surface area contributed by atoms with Gasteiger partial charge in [0.05, 0.1) is 0 Å². The molecule has 2 nitrogen and oxygen atoms in total. The van der Waals surface area contributed by atoms with Crippen LogP contribution in [0.25, 0.3) is 98.8 Å². The highest BCUT2D eigenvalue weighted by atomic mass is 16.3. The molecule has 65 heavy (non-hydrogen) atoms. The molecule has 12 aromatic rings. The van der Waals surface area contributed by atoms with Gasteiger partial charge in [-0.25, -0.2) is 0 Å². The van der Waals surface area contributed by atoms with Crippen LogP contribution in [-0.2, 0) is 5.41 Å². The van der Waals surface area contributed by atoms with Crippen LogP contribution in [0.2, 0.25) is 0 Å². The molecule has 1 heterocycles. The van der Waals surface area contributed by atoms with Gasteiger partial charge in [-0.15, -0.1) is 0 Å². The maximum absolute atomic E-state index is 7.10. The zero-order chi connectivity index (χ0) is 43.2. The van der Waals surface area contributed by atoms with Gasteiger partial charge >= 0.3 is 0 Å². The van der Waals surface area contributed by atoms with E-state index in [9.17, 15) is 0 Å². The first kappa shape index (κ1) is 37.4. The van der Waals surface area contributed by atoms with Crippen molar-refractivity contribution in [3.05, 3.63) is 236 Å². The molecular formula is C63H43NO. The van der Waals surface area contributed by atoms with Crippen molar-refractivity contribution >= 4 is 71.3 Å². The zero-order valence-electron chi connectivity index (χ0n) is 36.2. The van der Waals surface area contributed by atoms with Gasteiger partial charge in [0.2, 0.25) is 0 Å². The van der Waals surface area contributed by atoms with Crippen LogP contribution in [0, 0.1) is 0 Å². The minimum atomic E-state index is -0.121. The molecular weight excluding hydrogens is 787 g/mol. The zero-order valence-corrected chi connectivity index (χ0v) is 36.2. The molecule has 0 fully saturated rings. The number of benzene rings is 11. The van der Waals surface area contributed by atoms with Gasteiger partial charge in [-0.05, 0) is 131 Å². The highest BCUT2D eigenvalue weighted by Crippen LogP contribution is 2.51. The van der Waals surface area contributed by atoms with E-state index in [1.165, 1.54) is 71.4 Å². The summed E-state index contributed by atoms with van der Waals surface area (Å²) in [5.74, 6) is 0. The van der Waals surface area contributed by atoms with Crippen molar-refractivity contribution < 1.29 is 4.42 Å². The van der Waals surface area contributed by atoms with E-state index >= 15 is 0 Å². The number of fused-ring (bicyclic) bond motifs is 12. The average molecular weight is 830 g/mol. The second-order valence-corrected chi connectivity index (χ2v) is 18.0. The summed E-state index contributed by atoms with van der Waals surface area (Å²) in [4.78, 5) is 2.40. The predicted octanol–water partition coefficient (Wildman–Crippen LogP) is 17.8. The molecule has 0 atom stereocenters. The summed E-state index contributed by atoms with van der Waals surface area (Å²) in [5.41, 5.74) is 17.4. The molecule has 0 unspecified atom stereocenters. The highest BCUT2D eigenvalue weighted by molar-refractivity contribution is 6.32. The number of hydrogen-bond donors (Lipinski definition) is 0. The van der Waals surface area contributed by atoms with E-state index in [1.807, 2.05) is 0 Å². The van der Waals surface area contributed by atoms with Crippen LogP contribution in [-0.4, -0.2) is 0 Å². The smallest absolute Gasteiger partial charge is 0.143 e. The van der Waals surface area contributed by atoms with Crippen molar-refractivity contribution in [1.82, 2.24) is 0 Å². The standard InChI is InChI=1S/C63H43NO/c1-63(2)57-26-13-12-22-52(57)53-36-35-47(39-58(53)63)64(45-31-27-41(28-32-45)40-15-4-3-5-16-40)46-33-29-42(30-34-46)44-37-56(49-25-14-18-43-17-6-7-19-48(43)49)60-59(38-44)65-62-55-24-11-9-21-51(55)50-20-8-10-23-54(50)61(60)62/h3-39H,1-2H3. The molecule has 1 aromatic heterocycles. The lowest BCUT2D eigenvalue weighted by atomic mass is 9.82. The summed E-state index contributed by atoms with van der Waals surface area (Å²) in [7, 11) is 0. The van der Waals surface area contributed by atoms with E-state index < -0.39 is 0 Å². The van der Waals surface area contributed by atoms with Crippen LogP contribution in [0.4, 0.5) is 17.1 Å².